The summed E-state index contributed by atoms with van der Waals surface area (Å²) in [6, 6.07) is 19.2. The van der Waals surface area contributed by atoms with E-state index in [0.29, 0.717) is 48.4 Å². The molecule has 6 nitrogen and oxygen atoms in total. The van der Waals surface area contributed by atoms with Gasteiger partial charge in [-0.2, -0.15) is 0 Å². The van der Waals surface area contributed by atoms with Gasteiger partial charge in [0.1, 0.15) is 18.2 Å². The quantitative estimate of drug-likeness (QED) is 0.550. The van der Waals surface area contributed by atoms with Gasteiger partial charge < -0.3 is 18.9 Å². The zero-order chi connectivity index (χ0) is 22.1. The van der Waals surface area contributed by atoms with Crippen LogP contribution in [0.25, 0.3) is 6.08 Å². The number of rotatable bonds is 5. The number of carbonyl (C=O) groups excluding carboxylic acids is 1. The summed E-state index contributed by atoms with van der Waals surface area (Å²) in [5.74, 6) is 2.95. The number of allylic oxidation sites excluding steroid dienone is 1. The first kappa shape index (κ1) is 20.2. The van der Waals surface area contributed by atoms with E-state index in [1.807, 2.05) is 54.6 Å². The predicted octanol–water partition coefficient (Wildman–Crippen LogP) is 4.67. The summed E-state index contributed by atoms with van der Waals surface area (Å²) in [7, 11) is 3.25. The number of hydrogen-bond acceptors (Lipinski definition) is 6. The van der Waals surface area contributed by atoms with E-state index in [1.54, 1.807) is 26.4 Å². The van der Waals surface area contributed by atoms with Crippen molar-refractivity contribution in [2.45, 2.75) is 13.1 Å². The third-order valence-electron chi connectivity index (χ3n) is 5.63. The minimum absolute atomic E-state index is 0.108. The minimum atomic E-state index is -0.108. The van der Waals surface area contributed by atoms with Crippen molar-refractivity contribution in [3.8, 4) is 23.0 Å². The highest BCUT2D eigenvalue weighted by Crippen LogP contribution is 2.42. The Kier molecular flexibility index (Phi) is 5.29. The molecule has 0 N–H and O–H groups in total. The van der Waals surface area contributed by atoms with Crippen LogP contribution in [0, 0.1) is 0 Å². The summed E-state index contributed by atoms with van der Waals surface area (Å²) in [6.45, 7) is 1.71. The molecule has 0 saturated heterocycles. The molecule has 3 aromatic rings. The lowest BCUT2D eigenvalue weighted by molar-refractivity contribution is 0.0872. The van der Waals surface area contributed by atoms with Gasteiger partial charge in [0, 0.05) is 13.1 Å². The van der Waals surface area contributed by atoms with Gasteiger partial charge in [-0.25, -0.2) is 0 Å². The minimum Gasteiger partial charge on any atom is -0.493 e. The predicted molar refractivity (Wildman–Crippen MR) is 120 cm³/mol. The Morgan fingerprint density at radius 3 is 2.59 bits per heavy atom. The van der Waals surface area contributed by atoms with Crippen LogP contribution in [-0.4, -0.2) is 31.6 Å². The summed E-state index contributed by atoms with van der Waals surface area (Å²) in [5, 5.41) is 0. The van der Waals surface area contributed by atoms with E-state index in [-0.39, 0.29) is 5.78 Å². The molecule has 0 saturated carbocycles. The Bertz CT molecular complexity index is 1200. The number of ketones is 1. The first-order valence-electron chi connectivity index (χ1n) is 10.4. The molecule has 0 unspecified atom stereocenters. The number of methoxy groups -OCH3 is 2. The van der Waals surface area contributed by atoms with Crippen LogP contribution in [0.15, 0.2) is 66.4 Å². The van der Waals surface area contributed by atoms with Gasteiger partial charge in [0.15, 0.2) is 17.3 Å². The zero-order valence-corrected chi connectivity index (χ0v) is 18.0. The van der Waals surface area contributed by atoms with Crippen LogP contribution in [0.3, 0.4) is 0 Å². The molecule has 0 amide bonds. The summed E-state index contributed by atoms with van der Waals surface area (Å²) in [4.78, 5) is 15.1. The smallest absolute Gasteiger partial charge is 0.231 e. The molecule has 0 aromatic heterocycles. The maximum atomic E-state index is 12.9. The SMILES string of the molecule is COc1ccc(CN2COc3ccc4c(c3C2)O/C(=C\c2ccccc2)C4=O)cc1OC. The monoisotopic (exact) mass is 429 g/mol. The maximum absolute atomic E-state index is 12.9. The van der Waals surface area contributed by atoms with Gasteiger partial charge in [-0.1, -0.05) is 36.4 Å². The third kappa shape index (κ3) is 3.69. The molecule has 2 aliphatic rings. The maximum Gasteiger partial charge on any atom is 0.231 e. The Balaban J connectivity index is 1.39. The number of Topliss-reactive ketones (excluding diaryl/α,β-unsaturated/α-hetero) is 1. The number of ether oxygens (including phenoxy) is 4. The standard InChI is InChI=1S/C26H23NO5/c1-29-22-10-8-18(13-23(22)30-2)14-27-15-20-21(31-16-27)11-9-19-25(28)24(32-26(19)20)12-17-6-4-3-5-7-17/h3-13H,14-16H2,1-2H3/b24-12-. The lowest BCUT2D eigenvalue weighted by atomic mass is 10.0. The lowest BCUT2D eigenvalue weighted by Gasteiger charge is -2.29. The number of fused-ring (bicyclic) bond motifs is 3. The van der Waals surface area contributed by atoms with Crippen molar-refractivity contribution in [2.75, 3.05) is 21.0 Å². The van der Waals surface area contributed by atoms with Gasteiger partial charge >= 0.3 is 0 Å². The molecule has 0 fully saturated rings. The van der Waals surface area contributed by atoms with Gasteiger partial charge in [0.2, 0.25) is 5.78 Å². The Morgan fingerprint density at radius 2 is 1.81 bits per heavy atom. The van der Waals surface area contributed by atoms with Crippen LogP contribution in [0.4, 0.5) is 0 Å². The summed E-state index contributed by atoms with van der Waals surface area (Å²) < 4.78 is 22.8. The Hall–Kier alpha value is -3.77. The van der Waals surface area contributed by atoms with Crippen molar-refractivity contribution in [2.24, 2.45) is 0 Å². The van der Waals surface area contributed by atoms with Crippen molar-refractivity contribution in [1.29, 1.82) is 0 Å². The van der Waals surface area contributed by atoms with Crippen LogP contribution < -0.4 is 18.9 Å². The van der Waals surface area contributed by atoms with E-state index < -0.39 is 0 Å². The molecule has 0 spiro atoms. The molecular formula is C26H23NO5. The molecule has 0 atom stereocenters. The highest BCUT2D eigenvalue weighted by molar-refractivity contribution is 6.15. The normalized spacial score (nSPS) is 16.2. The van der Waals surface area contributed by atoms with Crippen molar-refractivity contribution in [1.82, 2.24) is 4.90 Å². The lowest BCUT2D eigenvalue weighted by Crippen LogP contribution is -2.31. The van der Waals surface area contributed by atoms with E-state index in [0.717, 1.165) is 22.4 Å². The fourth-order valence-electron chi connectivity index (χ4n) is 4.04. The molecule has 5 rings (SSSR count). The van der Waals surface area contributed by atoms with E-state index in [4.69, 9.17) is 18.9 Å². The van der Waals surface area contributed by atoms with E-state index in [1.165, 1.54) is 0 Å². The molecule has 3 aromatic carbocycles. The van der Waals surface area contributed by atoms with Crippen molar-refractivity contribution < 1.29 is 23.7 Å². The largest absolute Gasteiger partial charge is 0.493 e. The average molecular weight is 429 g/mol. The highest BCUT2D eigenvalue weighted by atomic mass is 16.5. The molecule has 162 valence electrons. The Morgan fingerprint density at radius 1 is 1.00 bits per heavy atom. The van der Waals surface area contributed by atoms with Gasteiger partial charge in [0.05, 0.1) is 25.3 Å². The second-order valence-corrected chi connectivity index (χ2v) is 7.72. The number of carbonyl (C=O) groups is 1. The molecule has 2 heterocycles. The topological polar surface area (TPSA) is 57.2 Å². The van der Waals surface area contributed by atoms with E-state index >= 15 is 0 Å². The van der Waals surface area contributed by atoms with Crippen LogP contribution in [0.5, 0.6) is 23.0 Å². The number of hydrogen-bond donors (Lipinski definition) is 0. The number of nitrogens with zero attached hydrogens (tertiary/aromatic N) is 1. The van der Waals surface area contributed by atoms with E-state index in [9.17, 15) is 4.79 Å². The third-order valence-corrected chi connectivity index (χ3v) is 5.63. The van der Waals surface area contributed by atoms with Gasteiger partial charge in [-0.05, 0) is 41.5 Å². The van der Waals surface area contributed by atoms with E-state index in [2.05, 4.69) is 4.90 Å². The summed E-state index contributed by atoms with van der Waals surface area (Å²) >= 11 is 0. The first-order valence-corrected chi connectivity index (χ1v) is 10.4. The fourth-order valence-corrected chi connectivity index (χ4v) is 4.04. The second kappa shape index (κ2) is 8.40. The summed E-state index contributed by atoms with van der Waals surface area (Å²) in [5.41, 5.74) is 3.45. The van der Waals surface area contributed by atoms with Gasteiger partial charge in [0.25, 0.3) is 0 Å². The van der Waals surface area contributed by atoms with Crippen molar-refractivity contribution >= 4 is 11.9 Å². The zero-order valence-electron chi connectivity index (χ0n) is 18.0. The molecule has 2 aliphatic heterocycles. The summed E-state index contributed by atoms with van der Waals surface area (Å²) in [6.07, 6.45) is 1.78. The molecular weight excluding hydrogens is 406 g/mol. The second-order valence-electron chi connectivity index (χ2n) is 7.72. The molecule has 0 radical (unpaired) electrons. The molecule has 32 heavy (non-hydrogen) atoms. The fraction of sp³-hybridized carbons (Fsp3) is 0.192. The molecule has 0 bridgehead atoms. The van der Waals surface area contributed by atoms with Crippen molar-refractivity contribution in [3.05, 3.63) is 88.7 Å². The average Bonchev–Trinajstić information content (AvgIpc) is 3.15. The first-order chi connectivity index (χ1) is 15.7. The van der Waals surface area contributed by atoms with Gasteiger partial charge in [-0.3, -0.25) is 9.69 Å². The highest BCUT2D eigenvalue weighted by Gasteiger charge is 2.33. The Labute approximate surface area is 186 Å². The van der Waals surface area contributed by atoms with Crippen LogP contribution >= 0.6 is 0 Å². The van der Waals surface area contributed by atoms with Crippen LogP contribution in [-0.2, 0) is 13.1 Å². The van der Waals surface area contributed by atoms with Crippen LogP contribution in [0.1, 0.15) is 27.0 Å². The number of benzene rings is 3. The molecule has 6 heteroatoms. The van der Waals surface area contributed by atoms with Crippen molar-refractivity contribution in [3.63, 3.8) is 0 Å². The van der Waals surface area contributed by atoms with Crippen LogP contribution in [0.2, 0.25) is 0 Å². The molecule has 0 aliphatic carbocycles. The van der Waals surface area contributed by atoms with Gasteiger partial charge in [-0.15, -0.1) is 0 Å².